The monoisotopic (exact) mass is 348 g/mol. The summed E-state index contributed by atoms with van der Waals surface area (Å²) in [6, 6.07) is 0. The second-order valence-corrected chi connectivity index (χ2v) is 6.80. The van der Waals surface area contributed by atoms with E-state index >= 15 is 0 Å². The highest BCUT2D eigenvalue weighted by Gasteiger charge is 2.28. The molecule has 0 aliphatic carbocycles. The first kappa shape index (κ1) is 14.2. The Morgan fingerprint density at radius 2 is 2.11 bits per heavy atom. The molecule has 0 N–H and O–H groups in total. The van der Waals surface area contributed by atoms with Crippen molar-refractivity contribution in [1.82, 2.24) is 29.1 Å². The standard InChI is InChI=1S/C9H13BrN6O2S/c1-14-5-7(4-11-14)6-15(2)19(17,18)9-8(10)12-13-16(9)3/h4-5H,6H2,1-3H3. The van der Waals surface area contributed by atoms with Crippen LogP contribution in [0.4, 0.5) is 0 Å². The van der Waals surface area contributed by atoms with E-state index in [4.69, 9.17) is 0 Å². The fourth-order valence-corrected chi connectivity index (χ4v) is 3.82. The molecule has 0 aliphatic heterocycles. The van der Waals surface area contributed by atoms with Crippen LogP contribution in [0.5, 0.6) is 0 Å². The second-order valence-electron chi connectivity index (χ2n) is 4.09. The largest absolute Gasteiger partial charge is 0.275 e. The van der Waals surface area contributed by atoms with Crippen LogP contribution < -0.4 is 0 Å². The van der Waals surface area contributed by atoms with Crippen LogP contribution in [-0.4, -0.2) is 44.5 Å². The van der Waals surface area contributed by atoms with Gasteiger partial charge in [0.25, 0.3) is 10.0 Å². The number of hydrogen-bond donors (Lipinski definition) is 0. The first-order valence-electron chi connectivity index (χ1n) is 5.31. The summed E-state index contributed by atoms with van der Waals surface area (Å²) in [5.41, 5.74) is 0.805. The van der Waals surface area contributed by atoms with Crippen molar-refractivity contribution in [3.8, 4) is 0 Å². The molecule has 0 aliphatic rings. The Balaban J connectivity index is 2.30. The molecule has 0 saturated heterocycles. The summed E-state index contributed by atoms with van der Waals surface area (Å²) in [4.78, 5) is 0. The number of nitrogens with zero attached hydrogens (tertiary/aromatic N) is 6. The molecule has 2 aromatic heterocycles. The van der Waals surface area contributed by atoms with Crippen molar-refractivity contribution >= 4 is 26.0 Å². The van der Waals surface area contributed by atoms with Crippen molar-refractivity contribution in [2.24, 2.45) is 14.1 Å². The summed E-state index contributed by atoms with van der Waals surface area (Å²) in [5.74, 6) is 0. The van der Waals surface area contributed by atoms with Gasteiger partial charge in [-0.1, -0.05) is 5.21 Å². The van der Waals surface area contributed by atoms with Gasteiger partial charge in [0.05, 0.1) is 6.20 Å². The van der Waals surface area contributed by atoms with E-state index in [9.17, 15) is 8.42 Å². The number of rotatable bonds is 4. The Bertz CT molecular complexity index is 672. The highest BCUT2D eigenvalue weighted by atomic mass is 79.9. The molecule has 0 saturated carbocycles. The lowest BCUT2D eigenvalue weighted by Crippen LogP contribution is -2.28. The van der Waals surface area contributed by atoms with Crippen LogP contribution in [-0.2, 0) is 30.7 Å². The summed E-state index contributed by atoms with van der Waals surface area (Å²) >= 11 is 3.09. The van der Waals surface area contributed by atoms with Crippen molar-refractivity contribution < 1.29 is 8.42 Å². The van der Waals surface area contributed by atoms with Crippen molar-refractivity contribution in [1.29, 1.82) is 0 Å². The van der Waals surface area contributed by atoms with E-state index in [0.29, 0.717) is 0 Å². The van der Waals surface area contributed by atoms with E-state index in [1.807, 2.05) is 0 Å². The predicted octanol–water partition coefficient (Wildman–Crippen LogP) is 0.132. The molecular weight excluding hydrogens is 336 g/mol. The maximum absolute atomic E-state index is 12.4. The van der Waals surface area contributed by atoms with E-state index in [-0.39, 0.29) is 16.2 Å². The highest BCUT2D eigenvalue weighted by Crippen LogP contribution is 2.22. The molecule has 0 bridgehead atoms. The molecule has 0 amide bonds. The number of aromatic nitrogens is 5. The maximum atomic E-state index is 12.4. The molecule has 2 aromatic rings. The van der Waals surface area contributed by atoms with Gasteiger partial charge in [-0.2, -0.15) is 9.40 Å². The van der Waals surface area contributed by atoms with Gasteiger partial charge in [-0.15, -0.1) is 5.10 Å². The molecule has 0 aromatic carbocycles. The number of sulfonamides is 1. The van der Waals surface area contributed by atoms with Gasteiger partial charge in [0.2, 0.25) is 5.03 Å². The Morgan fingerprint density at radius 3 is 2.58 bits per heavy atom. The van der Waals surface area contributed by atoms with E-state index in [0.717, 1.165) is 5.56 Å². The molecule has 0 unspecified atom stereocenters. The summed E-state index contributed by atoms with van der Waals surface area (Å²) in [6.45, 7) is 0.230. The lowest BCUT2D eigenvalue weighted by Gasteiger charge is -2.15. The normalized spacial score (nSPS) is 12.3. The minimum absolute atomic E-state index is 0.0268. The van der Waals surface area contributed by atoms with Crippen LogP contribution in [0, 0.1) is 0 Å². The van der Waals surface area contributed by atoms with Crippen LogP contribution in [0.15, 0.2) is 22.0 Å². The van der Waals surface area contributed by atoms with Crippen molar-refractivity contribution in [2.75, 3.05) is 7.05 Å². The molecule has 0 atom stereocenters. The summed E-state index contributed by atoms with van der Waals surface area (Å²) in [6.07, 6.45) is 3.39. The maximum Gasteiger partial charge on any atom is 0.263 e. The second kappa shape index (κ2) is 5.02. The molecule has 0 fully saturated rings. The molecule has 8 nitrogen and oxygen atoms in total. The van der Waals surface area contributed by atoms with E-state index in [1.54, 1.807) is 24.1 Å². The van der Waals surface area contributed by atoms with Gasteiger partial charge in [-0.25, -0.2) is 13.1 Å². The smallest absolute Gasteiger partial charge is 0.263 e. The molecular formula is C9H13BrN6O2S. The van der Waals surface area contributed by atoms with Gasteiger partial charge in [0, 0.05) is 39.4 Å². The average Bonchev–Trinajstić information content (AvgIpc) is 2.85. The fourth-order valence-electron chi connectivity index (χ4n) is 1.64. The minimum atomic E-state index is -3.66. The molecule has 19 heavy (non-hydrogen) atoms. The van der Waals surface area contributed by atoms with Crippen LogP contribution in [0.25, 0.3) is 0 Å². The molecule has 10 heteroatoms. The first-order valence-corrected chi connectivity index (χ1v) is 7.54. The molecule has 0 spiro atoms. The van der Waals surface area contributed by atoms with Crippen LogP contribution in [0.3, 0.4) is 0 Å². The summed E-state index contributed by atoms with van der Waals surface area (Å²) in [7, 11) is 1.15. The zero-order valence-corrected chi connectivity index (χ0v) is 13.1. The lowest BCUT2D eigenvalue weighted by atomic mass is 10.4. The fraction of sp³-hybridized carbons (Fsp3) is 0.444. The Kier molecular flexibility index (Phi) is 3.74. The van der Waals surface area contributed by atoms with Gasteiger partial charge in [0.15, 0.2) is 4.60 Å². The van der Waals surface area contributed by atoms with E-state index in [2.05, 4.69) is 31.3 Å². The number of hydrogen-bond acceptors (Lipinski definition) is 5. The Morgan fingerprint density at radius 1 is 1.42 bits per heavy atom. The van der Waals surface area contributed by atoms with Crippen molar-refractivity contribution in [3.05, 3.63) is 22.6 Å². The minimum Gasteiger partial charge on any atom is -0.275 e. The molecule has 0 radical (unpaired) electrons. The van der Waals surface area contributed by atoms with Crippen molar-refractivity contribution in [3.63, 3.8) is 0 Å². The van der Waals surface area contributed by atoms with Gasteiger partial charge >= 0.3 is 0 Å². The Hall–Kier alpha value is -1.26. The summed E-state index contributed by atoms with van der Waals surface area (Å²) < 4.78 is 29.1. The highest BCUT2D eigenvalue weighted by molar-refractivity contribution is 9.10. The SMILES string of the molecule is CN(Cc1cnn(C)c1)S(=O)(=O)c1c(Br)nnn1C. The predicted molar refractivity (Wildman–Crippen MR) is 70.6 cm³/mol. The lowest BCUT2D eigenvalue weighted by molar-refractivity contribution is 0.456. The molecule has 2 rings (SSSR count). The van der Waals surface area contributed by atoms with Crippen LogP contribution in [0.1, 0.15) is 5.56 Å². The molecule has 2 heterocycles. The van der Waals surface area contributed by atoms with Crippen LogP contribution >= 0.6 is 15.9 Å². The van der Waals surface area contributed by atoms with E-state index in [1.165, 1.54) is 23.1 Å². The quantitative estimate of drug-likeness (QED) is 0.783. The van der Waals surface area contributed by atoms with Gasteiger partial charge < -0.3 is 0 Å². The number of halogens is 1. The third-order valence-corrected chi connectivity index (χ3v) is 5.25. The number of aryl methyl sites for hydroxylation is 2. The van der Waals surface area contributed by atoms with Gasteiger partial charge in [-0.3, -0.25) is 4.68 Å². The van der Waals surface area contributed by atoms with Crippen LogP contribution in [0.2, 0.25) is 0 Å². The Labute approximate surface area is 119 Å². The van der Waals surface area contributed by atoms with E-state index < -0.39 is 10.0 Å². The molecule has 104 valence electrons. The third kappa shape index (κ3) is 2.69. The summed E-state index contributed by atoms with van der Waals surface area (Å²) in [5, 5.41) is 11.4. The topological polar surface area (TPSA) is 85.9 Å². The van der Waals surface area contributed by atoms with Crippen molar-refractivity contribution in [2.45, 2.75) is 11.6 Å². The zero-order chi connectivity index (χ0) is 14.2. The average molecular weight is 349 g/mol. The zero-order valence-electron chi connectivity index (χ0n) is 10.6. The van der Waals surface area contributed by atoms with Gasteiger partial charge in [0.1, 0.15) is 0 Å². The third-order valence-electron chi connectivity index (χ3n) is 2.56. The van der Waals surface area contributed by atoms with Gasteiger partial charge in [-0.05, 0) is 15.9 Å². The first-order chi connectivity index (χ1) is 8.82.